The topological polar surface area (TPSA) is 59.1 Å². The molecule has 0 aliphatic carbocycles. The lowest BCUT2D eigenvalue weighted by atomic mass is 10.1. The SMILES string of the molecule is CC/C=C\C/C=C\C[C@@H]1O[C@H]1[C@H](O)/C=C\C/C=C\CCCC(=O)OC. The van der Waals surface area contributed by atoms with Crippen molar-refractivity contribution in [1.82, 2.24) is 0 Å². The summed E-state index contributed by atoms with van der Waals surface area (Å²) in [6, 6.07) is 0. The fourth-order valence-corrected chi connectivity index (χ4v) is 2.40. The minimum Gasteiger partial charge on any atom is -0.469 e. The van der Waals surface area contributed by atoms with E-state index < -0.39 is 6.10 Å². The highest BCUT2D eigenvalue weighted by Gasteiger charge is 2.42. The Hall–Kier alpha value is -1.65. The average molecular weight is 348 g/mol. The predicted molar refractivity (Wildman–Crippen MR) is 101 cm³/mol. The van der Waals surface area contributed by atoms with Crippen LogP contribution in [0, 0.1) is 0 Å². The molecule has 1 aliphatic rings. The third kappa shape index (κ3) is 10.7. The second-order valence-corrected chi connectivity index (χ2v) is 6.06. The Morgan fingerprint density at radius 3 is 2.60 bits per heavy atom. The molecule has 25 heavy (non-hydrogen) atoms. The normalized spacial score (nSPS) is 21.7. The van der Waals surface area contributed by atoms with Crippen LogP contribution in [0.3, 0.4) is 0 Å². The number of carbonyl (C=O) groups is 1. The van der Waals surface area contributed by atoms with Crippen LogP contribution >= 0.6 is 0 Å². The molecule has 1 aliphatic heterocycles. The molecular formula is C21H32O4. The van der Waals surface area contributed by atoms with Gasteiger partial charge in [0.25, 0.3) is 0 Å². The number of aliphatic hydroxyl groups is 1. The van der Waals surface area contributed by atoms with Crippen molar-refractivity contribution in [2.45, 2.75) is 70.2 Å². The minimum atomic E-state index is -0.536. The second kappa shape index (κ2) is 13.6. The van der Waals surface area contributed by atoms with Gasteiger partial charge in [-0.2, -0.15) is 0 Å². The molecule has 0 radical (unpaired) electrons. The van der Waals surface area contributed by atoms with E-state index >= 15 is 0 Å². The van der Waals surface area contributed by atoms with E-state index in [1.807, 2.05) is 18.2 Å². The van der Waals surface area contributed by atoms with Crippen LogP contribution < -0.4 is 0 Å². The molecule has 4 nitrogen and oxygen atoms in total. The highest BCUT2D eigenvalue weighted by molar-refractivity contribution is 5.69. The summed E-state index contributed by atoms with van der Waals surface area (Å²) in [7, 11) is 1.41. The number of hydrogen-bond acceptors (Lipinski definition) is 4. The fraction of sp³-hybridized carbons (Fsp3) is 0.571. The number of aliphatic hydroxyl groups excluding tert-OH is 1. The van der Waals surface area contributed by atoms with Crippen molar-refractivity contribution in [2.24, 2.45) is 0 Å². The Labute approximate surface area is 151 Å². The Morgan fingerprint density at radius 1 is 1.12 bits per heavy atom. The van der Waals surface area contributed by atoms with Gasteiger partial charge in [0.05, 0.1) is 13.2 Å². The first-order valence-electron chi connectivity index (χ1n) is 9.21. The lowest BCUT2D eigenvalue weighted by Crippen LogP contribution is -2.13. The van der Waals surface area contributed by atoms with Gasteiger partial charge >= 0.3 is 5.97 Å². The molecule has 1 rings (SSSR count). The van der Waals surface area contributed by atoms with Crippen LogP contribution in [0.1, 0.15) is 51.9 Å². The number of epoxide rings is 1. The molecule has 0 aromatic heterocycles. The zero-order valence-corrected chi connectivity index (χ0v) is 15.5. The highest BCUT2D eigenvalue weighted by Crippen LogP contribution is 2.29. The Kier molecular flexibility index (Phi) is 11.7. The number of unbranched alkanes of at least 4 members (excludes halogenated alkanes) is 1. The van der Waals surface area contributed by atoms with E-state index in [4.69, 9.17) is 4.74 Å². The molecule has 1 fully saturated rings. The van der Waals surface area contributed by atoms with E-state index in [1.165, 1.54) is 7.11 Å². The molecule has 0 bridgehead atoms. The van der Waals surface area contributed by atoms with Gasteiger partial charge in [0.1, 0.15) is 12.2 Å². The van der Waals surface area contributed by atoms with Gasteiger partial charge in [0, 0.05) is 6.42 Å². The molecule has 0 amide bonds. The van der Waals surface area contributed by atoms with E-state index in [-0.39, 0.29) is 18.2 Å². The van der Waals surface area contributed by atoms with Crippen molar-refractivity contribution < 1.29 is 19.4 Å². The van der Waals surface area contributed by atoms with Crippen molar-refractivity contribution in [3.8, 4) is 0 Å². The third-order valence-corrected chi connectivity index (χ3v) is 3.92. The Bertz CT molecular complexity index is 476. The molecule has 4 heteroatoms. The number of carbonyl (C=O) groups excluding carboxylic acids is 1. The van der Waals surface area contributed by atoms with Gasteiger partial charge in [-0.3, -0.25) is 4.79 Å². The number of methoxy groups -OCH3 is 1. The molecule has 0 spiro atoms. The van der Waals surface area contributed by atoms with E-state index in [0.717, 1.165) is 38.5 Å². The van der Waals surface area contributed by atoms with Gasteiger partial charge in [0.2, 0.25) is 0 Å². The second-order valence-electron chi connectivity index (χ2n) is 6.06. The first kappa shape index (κ1) is 21.4. The minimum absolute atomic E-state index is 0.0730. The molecule has 3 atom stereocenters. The number of hydrogen-bond donors (Lipinski definition) is 1. The van der Waals surface area contributed by atoms with Crippen LogP contribution in [0.25, 0.3) is 0 Å². The van der Waals surface area contributed by atoms with Gasteiger partial charge in [-0.25, -0.2) is 0 Å². The molecule has 0 unspecified atom stereocenters. The summed E-state index contributed by atoms with van der Waals surface area (Å²) in [6.07, 6.45) is 21.7. The maximum Gasteiger partial charge on any atom is 0.305 e. The quantitative estimate of drug-likeness (QED) is 0.234. The summed E-state index contributed by atoms with van der Waals surface area (Å²) in [4.78, 5) is 10.9. The monoisotopic (exact) mass is 348 g/mol. The van der Waals surface area contributed by atoms with Crippen molar-refractivity contribution in [3.63, 3.8) is 0 Å². The van der Waals surface area contributed by atoms with Gasteiger partial charge in [-0.05, 0) is 38.5 Å². The molecule has 1 saturated heterocycles. The Balaban J connectivity index is 2.06. The summed E-state index contributed by atoms with van der Waals surface area (Å²) in [5.41, 5.74) is 0. The summed E-state index contributed by atoms with van der Waals surface area (Å²) in [5.74, 6) is -0.164. The van der Waals surface area contributed by atoms with Crippen LogP contribution in [0.15, 0.2) is 48.6 Å². The van der Waals surface area contributed by atoms with Gasteiger partial charge in [-0.1, -0.05) is 55.5 Å². The summed E-state index contributed by atoms with van der Waals surface area (Å²) in [5, 5.41) is 10.0. The smallest absolute Gasteiger partial charge is 0.305 e. The first-order chi connectivity index (χ1) is 12.2. The molecule has 1 N–H and O–H groups in total. The summed E-state index contributed by atoms with van der Waals surface area (Å²) in [6.45, 7) is 2.12. The number of esters is 1. The van der Waals surface area contributed by atoms with E-state index in [0.29, 0.717) is 6.42 Å². The standard InChI is InChI=1S/C21H32O4/c1-3-4-5-6-10-13-16-19-21(25-19)18(22)15-12-9-7-8-11-14-17-20(23)24-2/h4-5,7-8,10,12-13,15,18-19,21-22H,3,6,9,11,14,16-17H2,1-2H3/b5-4-,8-7-,13-10-,15-12-/t18-,19+,21+/m1/s1. The van der Waals surface area contributed by atoms with Crippen LogP contribution in [-0.4, -0.2) is 36.5 Å². The molecule has 0 aromatic carbocycles. The highest BCUT2D eigenvalue weighted by atomic mass is 16.6. The predicted octanol–water partition coefficient (Wildman–Crippen LogP) is 4.26. The van der Waals surface area contributed by atoms with E-state index in [2.05, 4.69) is 36.0 Å². The maximum atomic E-state index is 10.9. The van der Waals surface area contributed by atoms with Crippen LogP contribution in [0.4, 0.5) is 0 Å². The molecule has 140 valence electrons. The maximum absolute atomic E-state index is 10.9. The van der Waals surface area contributed by atoms with E-state index in [1.54, 1.807) is 6.08 Å². The van der Waals surface area contributed by atoms with Crippen LogP contribution in [0.2, 0.25) is 0 Å². The van der Waals surface area contributed by atoms with Crippen molar-refractivity contribution in [3.05, 3.63) is 48.6 Å². The lowest BCUT2D eigenvalue weighted by Gasteiger charge is -1.99. The fourth-order valence-electron chi connectivity index (χ4n) is 2.40. The van der Waals surface area contributed by atoms with Gasteiger partial charge in [0.15, 0.2) is 0 Å². The lowest BCUT2D eigenvalue weighted by molar-refractivity contribution is -0.140. The van der Waals surface area contributed by atoms with Crippen LogP contribution in [-0.2, 0) is 14.3 Å². The zero-order chi connectivity index (χ0) is 18.3. The van der Waals surface area contributed by atoms with Crippen molar-refractivity contribution in [2.75, 3.05) is 7.11 Å². The molecular weight excluding hydrogens is 316 g/mol. The van der Waals surface area contributed by atoms with Crippen LogP contribution in [0.5, 0.6) is 0 Å². The van der Waals surface area contributed by atoms with Gasteiger partial charge in [-0.15, -0.1) is 0 Å². The zero-order valence-electron chi connectivity index (χ0n) is 15.5. The Morgan fingerprint density at radius 2 is 1.84 bits per heavy atom. The molecule has 0 aromatic rings. The molecule has 1 heterocycles. The third-order valence-electron chi connectivity index (χ3n) is 3.92. The van der Waals surface area contributed by atoms with E-state index in [9.17, 15) is 9.90 Å². The number of ether oxygens (including phenoxy) is 2. The first-order valence-corrected chi connectivity index (χ1v) is 9.21. The summed E-state index contributed by atoms with van der Waals surface area (Å²) < 4.78 is 10.1. The molecule has 0 saturated carbocycles. The summed E-state index contributed by atoms with van der Waals surface area (Å²) >= 11 is 0. The van der Waals surface area contributed by atoms with Crippen molar-refractivity contribution >= 4 is 5.97 Å². The van der Waals surface area contributed by atoms with Gasteiger partial charge < -0.3 is 14.6 Å². The number of allylic oxidation sites excluding steroid dienone is 6. The largest absolute Gasteiger partial charge is 0.469 e. The number of rotatable bonds is 13. The average Bonchev–Trinajstić information content (AvgIpc) is 3.39. The van der Waals surface area contributed by atoms with Crippen molar-refractivity contribution in [1.29, 1.82) is 0 Å².